The molecule has 1 aromatic rings. The lowest BCUT2D eigenvalue weighted by molar-refractivity contribution is 0.452. The summed E-state index contributed by atoms with van der Waals surface area (Å²) in [6, 6.07) is 1.88. The summed E-state index contributed by atoms with van der Waals surface area (Å²) >= 11 is 0. The first-order valence-corrected chi connectivity index (χ1v) is 3.79. The molecule has 0 bridgehead atoms. The summed E-state index contributed by atoms with van der Waals surface area (Å²) < 4.78 is 4.89. The topological polar surface area (TPSA) is 42.4 Å². The first kappa shape index (κ1) is 7.37. The van der Waals surface area contributed by atoms with Crippen LogP contribution in [0.4, 0.5) is 0 Å². The van der Waals surface area contributed by atoms with Gasteiger partial charge in [0.05, 0.1) is 11.9 Å². The van der Waals surface area contributed by atoms with E-state index in [2.05, 4.69) is 11.1 Å². The van der Waals surface area contributed by atoms with Crippen LogP contribution in [0, 0.1) is 0 Å². The maximum absolute atomic E-state index is 8.50. The minimum Gasteiger partial charge on any atom is -0.538 e. The average Bonchev–Trinajstić information content (AvgIpc) is 2.51. The van der Waals surface area contributed by atoms with Gasteiger partial charge >= 0.3 is 7.69 Å². The molecule has 0 aromatic carbocycles. The molecule has 4 heteroatoms. The van der Waals surface area contributed by atoms with Crippen molar-refractivity contribution < 1.29 is 9.68 Å². The molecule has 0 amide bonds. The highest BCUT2D eigenvalue weighted by Crippen LogP contribution is 2.21. The Morgan fingerprint density at radius 3 is 3.33 bits per heavy atom. The Balaban J connectivity index is 2.31. The molecule has 3 nitrogen and oxygen atoms in total. The van der Waals surface area contributed by atoms with E-state index in [9.17, 15) is 0 Å². The Labute approximate surface area is 71.0 Å². The molecule has 0 unspecified atom stereocenters. The van der Waals surface area contributed by atoms with E-state index in [0.717, 1.165) is 17.7 Å². The van der Waals surface area contributed by atoms with Crippen LogP contribution in [0.25, 0.3) is 6.08 Å². The van der Waals surface area contributed by atoms with Crippen molar-refractivity contribution in [3.8, 4) is 5.75 Å². The molecule has 1 aromatic heterocycles. The smallest absolute Gasteiger partial charge is 0.504 e. The summed E-state index contributed by atoms with van der Waals surface area (Å²) in [6.07, 6.45) is 6.59. The molecule has 0 saturated heterocycles. The SMILES string of the molecule is OBOc1cnc2c(c1)C=CC2. The predicted molar refractivity (Wildman–Crippen MR) is 47.0 cm³/mol. The zero-order valence-corrected chi connectivity index (χ0v) is 6.53. The zero-order chi connectivity index (χ0) is 8.39. The third-order valence-electron chi connectivity index (χ3n) is 1.82. The molecule has 0 spiro atoms. The molecule has 1 aliphatic carbocycles. The largest absolute Gasteiger partial charge is 0.538 e. The molecular formula is C8H8BNO2. The van der Waals surface area contributed by atoms with Crippen LogP contribution in [0.1, 0.15) is 11.3 Å². The number of allylic oxidation sites excluding steroid dienone is 1. The molecule has 60 valence electrons. The van der Waals surface area contributed by atoms with Crippen molar-refractivity contribution in [1.82, 2.24) is 4.98 Å². The fourth-order valence-electron chi connectivity index (χ4n) is 1.26. The number of rotatable bonds is 2. The van der Waals surface area contributed by atoms with Crippen molar-refractivity contribution in [2.24, 2.45) is 0 Å². The van der Waals surface area contributed by atoms with Gasteiger partial charge in [-0.3, -0.25) is 4.98 Å². The van der Waals surface area contributed by atoms with Crippen molar-refractivity contribution in [3.63, 3.8) is 0 Å². The van der Waals surface area contributed by atoms with Crippen molar-refractivity contribution in [2.75, 3.05) is 0 Å². The lowest BCUT2D eigenvalue weighted by atomic mass is 10.2. The van der Waals surface area contributed by atoms with Gasteiger partial charge in [-0.1, -0.05) is 12.2 Å². The summed E-state index contributed by atoms with van der Waals surface area (Å²) in [5, 5.41) is 8.50. The van der Waals surface area contributed by atoms with E-state index in [1.807, 2.05) is 12.1 Å². The summed E-state index contributed by atoms with van der Waals surface area (Å²) in [6.45, 7) is 0. The summed E-state index contributed by atoms with van der Waals surface area (Å²) in [5.74, 6) is 0.614. The lowest BCUT2D eigenvalue weighted by Gasteiger charge is -2.03. The minimum atomic E-state index is -0.301. The first-order chi connectivity index (χ1) is 5.90. The number of aromatic nitrogens is 1. The molecule has 0 radical (unpaired) electrons. The van der Waals surface area contributed by atoms with Crippen LogP contribution in [-0.4, -0.2) is 17.7 Å². The van der Waals surface area contributed by atoms with E-state index in [1.165, 1.54) is 0 Å². The van der Waals surface area contributed by atoms with Gasteiger partial charge in [0.1, 0.15) is 5.75 Å². The Morgan fingerprint density at radius 2 is 2.50 bits per heavy atom. The van der Waals surface area contributed by atoms with Crippen molar-refractivity contribution in [2.45, 2.75) is 6.42 Å². The molecular weight excluding hydrogens is 153 g/mol. The second-order valence-corrected chi connectivity index (χ2v) is 2.59. The highest BCUT2D eigenvalue weighted by molar-refractivity contribution is 6.17. The summed E-state index contributed by atoms with van der Waals surface area (Å²) in [4.78, 5) is 4.18. The van der Waals surface area contributed by atoms with Gasteiger partial charge in [-0.15, -0.1) is 0 Å². The van der Waals surface area contributed by atoms with Gasteiger partial charge in [-0.05, 0) is 11.6 Å². The van der Waals surface area contributed by atoms with Crippen LogP contribution < -0.4 is 4.65 Å². The van der Waals surface area contributed by atoms with Crippen LogP contribution in [0.15, 0.2) is 18.3 Å². The van der Waals surface area contributed by atoms with Gasteiger partial charge in [-0.25, -0.2) is 0 Å². The second-order valence-electron chi connectivity index (χ2n) is 2.59. The van der Waals surface area contributed by atoms with Crippen LogP contribution in [0.5, 0.6) is 5.75 Å². The third kappa shape index (κ3) is 1.21. The van der Waals surface area contributed by atoms with E-state index in [1.54, 1.807) is 6.20 Å². The molecule has 1 heterocycles. The number of pyridine rings is 1. The van der Waals surface area contributed by atoms with Crippen LogP contribution in [0.2, 0.25) is 0 Å². The molecule has 12 heavy (non-hydrogen) atoms. The normalized spacial score (nSPS) is 12.8. The van der Waals surface area contributed by atoms with E-state index in [-0.39, 0.29) is 7.69 Å². The first-order valence-electron chi connectivity index (χ1n) is 3.79. The van der Waals surface area contributed by atoms with E-state index in [0.29, 0.717) is 5.75 Å². The monoisotopic (exact) mass is 161 g/mol. The van der Waals surface area contributed by atoms with Gasteiger partial charge in [0.2, 0.25) is 0 Å². The third-order valence-corrected chi connectivity index (χ3v) is 1.82. The van der Waals surface area contributed by atoms with Crippen LogP contribution in [-0.2, 0) is 6.42 Å². The Hall–Kier alpha value is -1.29. The fourth-order valence-corrected chi connectivity index (χ4v) is 1.26. The van der Waals surface area contributed by atoms with Gasteiger partial charge in [-0.2, -0.15) is 0 Å². The molecule has 2 rings (SSSR count). The van der Waals surface area contributed by atoms with Gasteiger partial charge in [0.15, 0.2) is 0 Å². The van der Waals surface area contributed by atoms with Crippen molar-refractivity contribution in [1.29, 1.82) is 0 Å². The summed E-state index contributed by atoms with van der Waals surface area (Å²) in [5.41, 5.74) is 2.15. The van der Waals surface area contributed by atoms with Crippen LogP contribution >= 0.6 is 0 Å². The molecule has 0 saturated carbocycles. The Kier molecular flexibility index (Phi) is 1.83. The van der Waals surface area contributed by atoms with Gasteiger partial charge in [0.25, 0.3) is 0 Å². The Morgan fingerprint density at radius 1 is 1.58 bits per heavy atom. The fraction of sp³-hybridized carbons (Fsp3) is 0.125. The number of hydrogen-bond donors (Lipinski definition) is 1. The van der Waals surface area contributed by atoms with Crippen molar-refractivity contribution in [3.05, 3.63) is 29.6 Å². The quantitative estimate of drug-likeness (QED) is 0.633. The highest BCUT2D eigenvalue weighted by atomic mass is 16.5. The molecule has 1 N–H and O–H groups in total. The van der Waals surface area contributed by atoms with E-state index in [4.69, 9.17) is 9.68 Å². The Bertz CT molecular complexity index is 325. The van der Waals surface area contributed by atoms with Gasteiger partial charge in [0, 0.05) is 6.42 Å². The standard InChI is InChI=1S/C8H8BNO2/c11-9-12-7-4-6-2-1-3-8(6)10-5-7/h1-2,4-5,9,11H,3H2. The van der Waals surface area contributed by atoms with Gasteiger partial charge < -0.3 is 9.68 Å². The molecule has 0 aliphatic heterocycles. The van der Waals surface area contributed by atoms with Crippen LogP contribution in [0.3, 0.4) is 0 Å². The van der Waals surface area contributed by atoms with E-state index >= 15 is 0 Å². The average molecular weight is 161 g/mol. The number of fused-ring (bicyclic) bond motifs is 1. The van der Waals surface area contributed by atoms with Crippen molar-refractivity contribution >= 4 is 13.8 Å². The molecule has 0 atom stereocenters. The maximum Gasteiger partial charge on any atom is 0.504 e. The number of nitrogens with zero attached hydrogens (tertiary/aromatic N) is 1. The molecule has 0 fully saturated rings. The lowest BCUT2D eigenvalue weighted by Crippen LogP contribution is -2.01. The molecule has 1 aliphatic rings. The van der Waals surface area contributed by atoms with E-state index < -0.39 is 0 Å². The maximum atomic E-state index is 8.50. The summed E-state index contributed by atoms with van der Waals surface area (Å²) in [7, 11) is -0.301. The zero-order valence-electron chi connectivity index (χ0n) is 6.53. The second kappa shape index (κ2) is 2.99. The highest BCUT2D eigenvalue weighted by Gasteiger charge is 2.06. The predicted octanol–water partition coefficient (Wildman–Crippen LogP) is 0.289. The number of hydrogen-bond acceptors (Lipinski definition) is 3. The minimum absolute atomic E-state index is 0.301.